The van der Waals surface area contributed by atoms with Gasteiger partial charge in [-0.3, -0.25) is 4.79 Å². The maximum atomic E-state index is 12.8. The number of nitrogens with one attached hydrogen (secondary N) is 3. The summed E-state index contributed by atoms with van der Waals surface area (Å²) in [7, 11) is 0. The minimum Gasteiger partial charge on any atom is -0.467 e. The van der Waals surface area contributed by atoms with E-state index in [4.69, 9.17) is 9.15 Å². The molecule has 5 rings (SSSR count). The van der Waals surface area contributed by atoms with Gasteiger partial charge < -0.3 is 24.8 Å². The molecule has 12 heteroatoms. The summed E-state index contributed by atoms with van der Waals surface area (Å²) in [6, 6.07) is 11.4. The largest absolute Gasteiger partial charge is 0.467 e. The number of benzene rings is 1. The number of ether oxygens (including phenoxy) is 1. The van der Waals surface area contributed by atoms with Gasteiger partial charge in [0.25, 0.3) is 5.56 Å². The van der Waals surface area contributed by atoms with Crippen LogP contribution in [0.1, 0.15) is 18.7 Å². The van der Waals surface area contributed by atoms with E-state index in [0.717, 1.165) is 17.4 Å². The average Bonchev–Trinajstić information content (AvgIpc) is 3.54. The van der Waals surface area contributed by atoms with E-state index in [1.165, 1.54) is 12.5 Å². The highest BCUT2D eigenvalue weighted by Gasteiger charge is 2.35. The van der Waals surface area contributed by atoms with Crippen molar-refractivity contribution in [1.29, 1.82) is 0 Å². The van der Waals surface area contributed by atoms with Crippen LogP contribution in [-0.2, 0) is 9.53 Å². The molecule has 4 heterocycles. The van der Waals surface area contributed by atoms with Gasteiger partial charge in [0.15, 0.2) is 10.8 Å². The van der Waals surface area contributed by atoms with E-state index < -0.39 is 18.0 Å². The van der Waals surface area contributed by atoms with Crippen LogP contribution in [0.25, 0.3) is 16.7 Å². The Hall–Kier alpha value is -4.32. The number of hydrogen-bond donors (Lipinski definition) is 3. The SMILES string of the molecule is CCOC(=O)C1=C(CSc2nc3c(cnn3-c3ccccc3)c(=O)[nH]2)NC(=O)N[C@@H]1c1ccco1. The Labute approximate surface area is 202 Å². The predicted molar refractivity (Wildman–Crippen MR) is 127 cm³/mol. The monoisotopic (exact) mass is 492 g/mol. The Morgan fingerprint density at radius 2 is 2.03 bits per heavy atom. The van der Waals surface area contributed by atoms with Crippen molar-refractivity contribution in [2.75, 3.05) is 12.4 Å². The lowest BCUT2D eigenvalue weighted by Crippen LogP contribution is -2.46. The number of hydrogen-bond acceptors (Lipinski definition) is 8. The quantitative estimate of drug-likeness (QED) is 0.203. The van der Waals surface area contributed by atoms with Gasteiger partial charge in [-0.15, -0.1) is 0 Å². The van der Waals surface area contributed by atoms with E-state index in [9.17, 15) is 14.4 Å². The third-order valence-electron chi connectivity index (χ3n) is 5.25. The first-order chi connectivity index (χ1) is 17.0. The number of para-hydroxylation sites is 1. The molecule has 0 fully saturated rings. The van der Waals surface area contributed by atoms with E-state index in [1.807, 2.05) is 30.3 Å². The lowest BCUT2D eigenvalue weighted by atomic mass is 10.0. The second-order valence-corrected chi connectivity index (χ2v) is 8.41. The highest BCUT2D eigenvalue weighted by molar-refractivity contribution is 7.99. The van der Waals surface area contributed by atoms with Gasteiger partial charge in [-0.1, -0.05) is 30.0 Å². The Kier molecular flexibility index (Phi) is 6.10. The number of thioether (sulfide) groups is 1. The fourth-order valence-electron chi connectivity index (χ4n) is 3.72. The normalized spacial score (nSPS) is 15.7. The molecule has 1 atom stereocenters. The number of aromatic amines is 1. The first-order valence-electron chi connectivity index (χ1n) is 10.7. The fraction of sp³-hybridized carbons (Fsp3) is 0.174. The van der Waals surface area contributed by atoms with Gasteiger partial charge >= 0.3 is 12.0 Å². The lowest BCUT2D eigenvalue weighted by molar-refractivity contribution is -0.139. The van der Waals surface area contributed by atoms with Crippen LogP contribution in [0, 0.1) is 0 Å². The van der Waals surface area contributed by atoms with E-state index in [-0.39, 0.29) is 23.5 Å². The standard InChI is InChI=1S/C23H20N6O5S/c1-2-33-21(31)17-15(25-22(32)26-18(17)16-9-6-10-34-16)12-35-23-27-19-14(20(30)28-23)11-24-29(19)13-7-4-3-5-8-13/h3-11,18H,2,12H2,1H3,(H2,25,26,32)(H,27,28,30)/t18-/m1/s1. The van der Waals surface area contributed by atoms with Gasteiger partial charge in [0.2, 0.25) is 0 Å². The third-order valence-corrected chi connectivity index (χ3v) is 6.15. The number of esters is 1. The summed E-state index contributed by atoms with van der Waals surface area (Å²) in [5.41, 5.74) is 1.35. The number of carbonyl (C=O) groups excluding carboxylic acids is 2. The molecule has 178 valence electrons. The number of furan rings is 1. The van der Waals surface area contributed by atoms with Gasteiger partial charge in [0, 0.05) is 11.4 Å². The molecule has 4 aromatic rings. The molecule has 1 aliphatic heterocycles. The van der Waals surface area contributed by atoms with Crippen LogP contribution in [0.3, 0.4) is 0 Å². The number of fused-ring (bicyclic) bond motifs is 1. The highest BCUT2D eigenvalue weighted by atomic mass is 32.2. The molecule has 0 saturated carbocycles. The Morgan fingerprint density at radius 1 is 1.20 bits per heavy atom. The van der Waals surface area contributed by atoms with E-state index in [0.29, 0.717) is 27.6 Å². The zero-order chi connectivity index (χ0) is 24.4. The molecular formula is C23H20N6O5S. The minimum absolute atomic E-state index is 0.132. The summed E-state index contributed by atoms with van der Waals surface area (Å²) in [6.45, 7) is 1.86. The smallest absolute Gasteiger partial charge is 0.338 e. The molecule has 0 radical (unpaired) electrons. The molecule has 0 bridgehead atoms. The highest BCUT2D eigenvalue weighted by Crippen LogP contribution is 2.30. The number of nitrogens with zero attached hydrogens (tertiary/aromatic N) is 3. The lowest BCUT2D eigenvalue weighted by Gasteiger charge is -2.27. The van der Waals surface area contributed by atoms with Crippen LogP contribution in [-0.4, -0.2) is 44.1 Å². The van der Waals surface area contributed by atoms with Crippen LogP contribution in [0.2, 0.25) is 0 Å². The molecule has 3 N–H and O–H groups in total. The number of rotatable bonds is 7. The van der Waals surface area contributed by atoms with Gasteiger partial charge in [-0.2, -0.15) is 5.10 Å². The molecule has 0 spiro atoms. The van der Waals surface area contributed by atoms with Crippen molar-refractivity contribution >= 4 is 34.8 Å². The molecule has 11 nitrogen and oxygen atoms in total. The predicted octanol–water partition coefficient (Wildman–Crippen LogP) is 2.67. The maximum Gasteiger partial charge on any atom is 0.338 e. The molecule has 1 aromatic carbocycles. The average molecular weight is 493 g/mol. The third kappa shape index (κ3) is 4.43. The van der Waals surface area contributed by atoms with Crippen LogP contribution < -0.4 is 16.2 Å². The van der Waals surface area contributed by atoms with E-state index >= 15 is 0 Å². The molecular weight excluding hydrogens is 472 g/mol. The van der Waals surface area contributed by atoms with Crippen molar-refractivity contribution in [3.05, 3.63) is 82.3 Å². The molecule has 0 aliphatic carbocycles. The zero-order valence-electron chi connectivity index (χ0n) is 18.5. The first-order valence-corrected chi connectivity index (χ1v) is 11.7. The summed E-state index contributed by atoms with van der Waals surface area (Å²) >= 11 is 1.16. The molecule has 0 saturated heterocycles. The summed E-state index contributed by atoms with van der Waals surface area (Å²) in [6.07, 6.45) is 2.92. The van der Waals surface area contributed by atoms with Crippen molar-refractivity contribution < 1.29 is 18.7 Å². The fourth-order valence-corrected chi connectivity index (χ4v) is 4.54. The van der Waals surface area contributed by atoms with E-state index in [2.05, 4.69) is 25.7 Å². The Morgan fingerprint density at radius 3 is 2.77 bits per heavy atom. The summed E-state index contributed by atoms with van der Waals surface area (Å²) in [5.74, 6) is -0.0617. The van der Waals surface area contributed by atoms with Gasteiger partial charge in [-0.05, 0) is 31.2 Å². The topological polar surface area (TPSA) is 144 Å². The van der Waals surface area contributed by atoms with Gasteiger partial charge in [0.05, 0.1) is 30.3 Å². The molecule has 1 aliphatic rings. The van der Waals surface area contributed by atoms with Gasteiger partial charge in [-0.25, -0.2) is 19.3 Å². The molecule has 2 amide bonds. The number of H-pyrrole nitrogens is 1. The number of aromatic nitrogens is 4. The number of amides is 2. The van der Waals surface area contributed by atoms with Crippen molar-refractivity contribution in [2.45, 2.75) is 18.1 Å². The molecule has 35 heavy (non-hydrogen) atoms. The maximum absolute atomic E-state index is 12.8. The van der Waals surface area contributed by atoms with Crippen molar-refractivity contribution in [2.24, 2.45) is 0 Å². The van der Waals surface area contributed by atoms with Crippen molar-refractivity contribution in [3.8, 4) is 5.69 Å². The Bertz CT molecular complexity index is 1480. The van der Waals surface area contributed by atoms with Crippen LogP contribution in [0.5, 0.6) is 0 Å². The van der Waals surface area contributed by atoms with Crippen LogP contribution in [0.15, 0.2) is 80.6 Å². The number of urea groups is 1. The van der Waals surface area contributed by atoms with E-state index in [1.54, 1.807) is 23.7 Å². The Balaban J connectivity index is 1.50. The van der Waals surface area contributed by atoms with Crippen molar-refractivity contribution in [3.63, 3.8) is 0 Å². The van der Waals surface area contributed by atoms with Crippen LogP contribution in [0.4, 0.5) is 4.79 Å². The molecule has 3 aromatic heterocycles. The summed E-state index contributed by atoms with van der Waals surface area (Å²) in [4.78, 5) is 45.2. The minimum atomic E-state index is -0.817. The summed E-state index contributed by atoms with van der Waals surface area (Å²) in [5, 5.41) is 10.3. The van der Waals surface area contributed by atoms with Crippen LogP contribution >= 0.6 is 11.8 Å². The van der Waals surface area contributed by atoms with Gasteiger partial charge in [0.1, 0.15) is 17.2 Å². The second-order valence-electron chi connectivity index (χ2n) is 7.45. The zero-order valence-corrected chi connectivity index (χ0v) is 19.3. The first kappa shape index (κ1) is 22.5. The second kappa shape index (κ2) is 9.50. The number of carbonyl (C=O) groups is 2. The van der Waals surface area contributed by atoms with Crippen molar-refractivity contribution in [1.82, 2.24) is 30.4 Å². The summed E-state index contributed by atoms with van der Waals surface area (Å²) < 4.78 is 12.3. The molecule has 0 unspecified atom stereocenters.